The summed E-state index contributed by atoms with van der Waals surface area (Å²) in [5, 5.41) is 13.4. The molecule has 0 aliphatic carbocycles. The van der Waals surface area contributed by atoms with E-state index in [9.17, 15) is 9.59 Å². The Labute approximate surface area is 114 Å². The quantitative estimate of drug-likeness (QED) is 0.508. The molecule has 5 nitrogen and oxygen atoms in total. The molecule has 19 heavy (non-hydrogen) atoms. The molecule has 1 heterocycles. The number of rotatable bonds is 5. The smallest absolute Gasteiger partial charge is 0.331 e. The van der Waals surface area contributed by atoms with Crippen LogP contribution >= 0.6 is 11.3 Å². The first-order valence-electron chi connectivity index (χ1n) is 5.41. The van der Waals surface area contributed by atoms with Crippen molar-refractivity contribution in [2.45, 2.75) is 6.92 Å². The molecule has 1 amide bonds. The van der Waals surface area contributed by atoms with E-state index >= 15 is 0 Å². The van der Waals surface area contributed by atoms with Crippen LogP contribution in [0.3, 0.4) is 0 Å². The van der Waals surface area contributed by atoms with Gasteiger partial charge in [-0.2, -0.15) is 5.26 Å². The molecule has 0 saturated heterocycles. The number of anilines is 1. The summed E-state index contributed by atoms with van der Waals surface area (Å²) < 4.78 is 4.72. The van der Waals surface area contributed by atoms with Crippen molar-refractivity contribution in [3.8, 4) is 6.07 Å². The van der Waals surface area contributed by atoms with Crippen molar-refractivity contribution >= 4 is 28.2 Å². The first-order chi connectivity index (χ1) is 9.17. The molecular weight excluding hydrogens is 264 g/mol. The number of carbonyl (C=O) groups excluding carboxylic acids is 2. The van der Waals surface area contributed by atoms with Gasteiger partial charge in [0.15, 0.2) is 6.61 Å². The van der Waals surface area contributed by atoms with E-state index in [1.807, 2.05) is 13.0 Å². The molecule has 0 fully saturated rings. The van der Waals surface area contributed by atoms with E-state index in [-0.39, 0.29) is 6.61 Å². The number of allylic oxidation sites excluding steroid dienone is 3. The molecule has 6 heteroatoms. The SMILES string of the molecule is C/C=C/C=C/C(=O)OCC(=O)Nc1sccc1C#N. The molecule has 1 rings (SSSR count). The standard InChI is InChI=1S/C13H12N2O3S/c1-2-3-4-5-12(17)18-9-11(16)15-13-10(8-14)6-7-19-13/h2-7H,9H2,1H3,(H,15,16)/b3-2+,5-4+. The van der Waals surface area contributed by atoms with Gasteiger partial charge in [0.2, 0.25) is 0 Å². The minimum absolute atomic E-state index is 0.387. The summed E-state index contributed by atoms with van der Waals surface area (Å²) in [7, 11) is 0. The van der Waals surface area contributed by atoms with Crippen LogP contribution < -0.4 is 5.32 Å². The molecular formula is C13H12N2O3S. The molecule has 1 aromatic heterocycles. The number of thiophene rings is 1. The molecule has 1 N–H and O–H groups in total. The summed E-state index contributed by atoms with van der Waals surface area (Å²) in [6, 6.07) is 3.55. The molecule has 0 saturated carbocycles. The van der Waals surface area contributed by atoms with Crippen LogP contribution in [-0.2, 0) is 14.3 Å². The highest BCUT2D eigenvalue weighted by Crippen LogP contribution is 2.21. The van der Waals surface area contributed by atoms with E-state index in [2.05, 4.69) is 5.32 Å². The van der Waals surface area contributed by atoms with E-state index in [0.29, 0.717) is 10.6 Å². The van der Waals surface area contributed by atoms with Gasteiger partial charge in [-0.15, -0.1) is 11.3 Å². The lowest BCUT2D eigenvalue weighted by Crippen LogP contribution is -2.19. The van der Waals surface area contributed by atoms with E-state index in [0.717, 1.165) is 0 Å². The van der Waals surface area contributed by atoms with Crippen molar-refractivity contribution < 1.29 is 14.3 Å². The summed E-state index contributed by atoms with van der Waals surface area (Å²) in [6.45, 7) is 1.43. The Kier molecular flexibility index (Phi) is 6.06. The van der Waals surface area contributed by atoms with Crippen molar-refractivity contribution in [3.63, 3.8) is 0 Å². The number of carbonyl (C=O) groups is 2. The minimum Gasteiger partial charge on any atom is -0.452 e. The maximum absolute atomic E-state index is 11.5. The van der Waals surface area contributed by atoms with Crippen LogP contribution in [0.1, 0.15) is 12.5 Å². The zero-order valence-electron chi connectivity index (χ0n) is 10.3. The fourth-order valence-electron chi connectivity index (χ4n) is 1.09. The van der Waals surface area contributed by atoms with Crippen molar-refractivity contribution in [2.75, 3.05) is 11.9 Å². The van der Waals surface area contributed by atoms with Gasteiger partial charge in [0.25, 0.3) is 5.91 Å². The first kappa shape index (κ1) is 14.7. The van der Waals surface area contributed by atoms with Gasteiger partial charge in [-0.1, -0.05) is 18.2 Å². The summed E-state index contributed by atoms with van der Waals surface area (Å²) in [5.74, 6) is -1.08. The van der Waals surface area contributed by atoms with Crippen LogP contribution in [0.2, 0.25) is 0 Å². The Morgan fingerprint density at radius 3 is 3.00 bits per heavy atom. The fraction of sp³-hybridized carbons (Fsp3) is 0.154. The average Bonchev–Trinajstić information content (AvgIpc) is 2.84. The minimum atomic E-state index is -0.597. The zero-order valence-corrected chi connectivity index (χ0v) is 11.1. The molecule has 0 unspecified atom stereocenters. The third-order valence-corrected chi connectivity index (χ3v) is 2.75. The number of ether oxygens (including phenoxy) is 1. The fourth-order valence-corrected chi connectivity index (χ4v) is 1.84. The third kappa shape index (κ3) is 5.19. The van der Waals surface area contributed by atoms with Crippen LogP contribution in [0.15, 0.2) is 35.8 Å². The second kappa shape index (κ2) is 7.84. The molecule has 98 valence electrons. The summed E-state index contributed by atoms with van der Waals surface area (Å²) in [4.78, 5) is 22.7. The highest BCUT2D eigenvalue weighted by Gasteiger charge is 2.09. The van der Waals surface area contributed by atoms with E-state index in [1.165, 1.54) is 23.5 Å². The molecule has 0 aromatic carbocycles. The Bertz CT molecular complexity index is 552. The topological polar surface area (TPSA) is 79.2 Å². The van der Waals surface area contributed by atoms with E-state index in [4.69, 9.17) is 10.00 Å². The number of nitrogens with one attached hydrogen (secondary N) is 1. The number of hydrogen-bond donors (Lipinski definition) is 1. The van der Waals surface area contributed by atoms with Crippen LogP contribution in [0.5, 0.6) is 0 Å². The van der Waals surface area contributed by atoms with Gasteiger partial charge in [0, 0.05) is 6.08 Å². The lowest BCUT2D eigenvalue weighted by Gasteiger charge is -2.03. The van der Waals surface area contributed by atoms with Crippen molar-refractivity contribution in [1.29, 1.82) is 5.26 Å². The van der Waals surface area contributed by atoms with Crippen LogP contribution in [0.4, 0.5) is 5.00 Å². The van der Waals surface area contributed by atoms with Gasteiger partial charge in [0.1, 0.15) is 11.1 Å². The Hall–Kier alpha value is -2.39. The molecule has 0 radical (unpaired) electrons. The Morgan fingerprint density at radius 2 is 2.32 bits per heavy atom. The van der Waals surface area contributed by atoms with E-state index in [1.54, 1.807) is 23.6 Å². The molecule has 0 bridgehead atoms. The second-order valence-electron chi connectivity index (χ2n) is 3.32. The Morgan fingerprint density at radius 1 is 1.53 bits per heavy atom. The summed E-state index contributed by atoms with van der Waals surface area (Å²) >= 11 is 1.24. The molecule has 1 aromatic rings. The summed E-state index contributed by atoms with van der Waals surface area (Å²) in [6.07, 6.45) is 6.18. The number of hydrogen-bond acceptors (Lipinski definition) is 5. The van der Waals surface area contributed by atoms with Gasteiger partial charge >= 0.3 is 5.97 Å². The highest BCUT2D eigenvalue weighted by atomic mass is 32.1. The maximum atomic E-state index is 11.5. The normalized spacial score (nSPS) is 10.5. The number of amides is 1. The number of nitrogens with zero attached hydrogens (tertiary/aromatic N) is 1. The molecule has 0 spiro atoms. The van der Waals surface area contributed by atoms with Gasteiger partial charge in [-0.05, 0) is 18.4 Å². The molecule has 0 aliphatic rings. The van der Waals surface area contributed by atoms with Gasteiger partial charge in [0.05, 0.1) is 5.56 Å². The summed E-state index contributed by atoms with van der Waals surface area (Å²) in [5.41, 5.74) is 0.387. The van der Waals surface area contributed by atoms with E-state index < -0.39 is 11.9 Å². The lowest BCUT2D eigenvalue weighted by molar-refractivity contribution is -0.142. The van der Waals surface area contributed by atoms with Crippen molar-refractivity contribution in [3.05, 3.63) is 41.3 Å². The van der Waals surface area contributed by atoms with Gasteiger partial charge in [-0.25, -0.2) is 4.79 Å². The molecule has 0 atom stereocenters. The monoisotopic (exact) mass is 276 g/mol. The molecule has 0 aliphatic heterocycles. The Balaban J connectivity index is 2.41. The average molecular weight is 276 g/mol. The van der Waals surface area contributed by atoms with Crippen LogP contribution in [0, 0.1) is 11.3 Å². The van der Waals surface area contributed by atoms with Crippen LogP contribution in [0.25, 0.3) is 0 Å². The third-order valence-electron chi connectivity index (χ3n) is 1.92. The van der Waals surface area contributed by atoms with Crippen LogP contribution in [-0.4, -0.2) is 18.5 Å². The van der Waals surface area contributed by atoms with Crippen molar-refractivity contribution in [2.24, 2.45) is 0 Å². The zero-order chi connectivity index (χ0) is 14.1. The number of nitriles is 1. The maximum Gasteiger partial charge on any atom is 0.331 e. The largest absolute Gasteiger partial charge is 0.452 e. The predicted molar refractivity (Wildman–Crippen MR) is 72.6 cm³/mol. The second-order valence-corrected chi connectivity index (χ2v) is 4.23. The van der Waals surface area contributed by atoms with Gasteiger partial charge < -0.3 is 10.1 Å². The lowest BCUT2D eigenvalue weighted by atomic mass is 10.3. The predicted octanol–water partition coefficient (Wildman–Crippen LogP) is 2.23. The highest BCUT2D eigenvalue weighted by molar-refractivity contribution is 7.14. The van der Waals surface area contributed by atoms with Gasteiger partial charge in [-0.3, -0.25) is 4.79 Å². The number of esters is 1. The van der Waals surface area contributed by atoms with Crippen molar-refractivity contribution in [1.82, 2.24) is 0 Å². The first-order valence-corrected chi connectivity index (χ1v) is 6.29.